The molecule has 4 heterocycles. The summed E-state index contributed by atoms with van der Waals surface area (Å²) in [5.74, 6) is -0.982. The number of carbonyl (C=O) groups is 1. The minimum atomic E-state index is -1.11. The van der Waals surface area contributed by atoms with Crippen LogP contribution in [0.5, 0.6) is 0 Å². The predicted octanol–water partition coefficient (Wildman–Crippen LogP) is 6.95. The maximum Gasteiger partial charge on any atom is 0.337 e. The van der Waals surface area contributed by atoms with E-state index >= 15 is 0 Å². The second kappa shape index (κ2) is 11.5. The van der Waals surface area contributed by atoms with Crippen molar-refractivity contribution in [3.63, 3.8) is 0 Å². The van der Waals surface area contributed by atoms with Crippen molar-refractivity contribution < 1.29 is 14.6 Å². The molecule has 1 N–H and O–H groups in total. The summed E-state index contributed by atoms with van der Waals surface area (Å²) in [6.45, 7) is 18.8. The number of anilines is 1. The number of benzene rings is 1. The number of aryl methyl sites for hydroxylation is 2. The number of nitrogens with zero attached hydrogens (tertiary/aromatic N) is 4. The average molecular weight is 577 g/mol. The van der Waals surface area contributed by atoms with Crippen molar-refractivity contribution >= 4 is 23.0 Å². The van der Waals surface area contributed by atoms with Crippen LogP contribution in [0, 0.1) is 19.3 Å². The van der Waals surface area contributed by atoms with E-state index in [4.69, 9.17) is 9.72 Å². The Balaban J connectivity index is 1.60. The van der Waals surface area contributed by atoms with Crippen LogP contribution < -0.4 is 4.90 Å². The van der Waals surface area contributed by atoms with Gasteiger partial charge in [-0.15, -0.1) is 11.3 Å². The van der Waals surface area contributed by atoms with Gasteiger partial charge in [0.1, 0.15) is 5.01 Å². The molecule has 1 atom stereocenters. The van der Waals surface area contributed by atoms with E-state index in [2.05, 4.69) is 53.8 Å². The van der Waals surface area contributed by atoms with Gasteiger partial charge in [-0.3, -0.25) is 9.88 Å². The van der Waals surface area contributed by atoms with E-state index in [1.165, 1.54) is 11.1 Å². The number of piperidine rings is 1. The number of ether oxygens (including phenoxy) is 1. The Kier molecular flexibility index (Phi) is 8.30. The molecule has 0 saturated carbocycles. The van der Waals surface area contributed by atoms with Crippen LogP contribution >= 0.6 is 11.3 Å². The summed E-state index contributed by atoms with van der Waals surface area (Å²) < 4.78 is 6.24. The molecule has 5 rings (SSSR count). The lowest BCUT2D eigenvalue weighted by molar-refractivity contribution is -0.160. The van der Waals surface area contributed by atoms with Crippen molar-refractivity contribution in [1.29, 1.82) is 0 Å². The second-order valence-corrected chi connectivity index (χ2v) is 14.4. The van der Waals surface area contributed by atoms with E-state index in [1.54, 1.807) is 11.3 Å². The van der Waals surface area contributed by atoms with Crippen molar-refractivity contribution in [1.82, 2.24) is 14.9 Å². The zero-order valence-corrected chi connectivity index (χ0v) is 26.4. The third-order valence-corrected chi connectivity index (χ3v) is 9.16. The Morgan fingerprint density at radius 1 is 1.12 bits per heavy atom. The standard InChI is InChI=1S/C33H44N4O3S/c1-21-27(24-8-9-25-19-36(14-10-23(25)18-24)20-26-34-13-17-41-26)29(37-15-11-33(6,7)12-16-37)28(22(2)35-21)30(31(38)39)40-32(3,4)5/h8-9,13,17-18,30H,10-12,14-16,19-20H2,1-7H3,(H,38,39)/t30-/m0/s1. The van der Waals surface area contributed by atoms with E-state index in [1.807, 2.05) is 39.3 Å². The van der Waals surface area contributed by atoms with Gasteiger partial charge < -0.3 is 14.7 Å². The Morgan fingerprint density at radius 3 is 2.49 bits per heavy atom. The third-order valence-electron chi connectivity index (χ3n) is 8.40. The molecule has 0 spiro atoms. The molecule has 2 aromatic heterocycles. The lowest BCUT2D eigenvalue weighted by atomic mass is 9.81. The van der Waals surface area contributed by atoms with Gasteiger partial charge in [0.05, 0.1) is 17.8 Å². The van der Waals surface area contributed by atoms with Crippen LogP contribution in [0.4, 0.5) is 5.69 Å². The van der Waals surface area contributed by atoms with Gasteiger partial charge in [-0.05, 0) is 76.0 Å². The van der Waals surface area contributed by atoms with Crippen molar-refractivity contribution in [2.24, 2.45) is 5.41 Å². The van der Waals surface area contributed by atoms with Crippen molar-refractivity contribution in [3.05, 3.63) is 62.9 Å². The molecule has 1 fully saturated rings. The fraction of sp³-hybridized carbons (Fsp3) is 0.545. The molecule has 0 aliphatic carbocycles. The largest absolute Gasteiger partial charge is 0.479 e. The quantitative estimate of drug-likeness (QED) is 0.326. The number of carboxylic acids is 1. The maximum atomic E-state index is 12.8. The number of aliphatic carboxylic acids is 1. The first-order valence-electron chi connectivity index (χ1n) is 14.7. The highest BCUT2D eigenvalue weighted by molar-refractivity contribution is 7.09. The topological polar surface area (TPSA) is 78.8 Å². The average Bonchev–Trinajstić information content (AvgIpc) is 3.39. The van der Waals surface area contributed by atoms with Gasteiger partial charge in [0.15, 0.2) is 6.10 Å². The lowest BCUT2D eigenvalue weighted by Crippen LogP contribution is -2.39. The van der Waals surface area contributed by atoms with E-state index in [0.717, 1.165) is 85.2 Å². The predicted molar refractivity (Wildman–Crippen MR) is 166 cm³/mol. The molecule has 2 aliphatic heterocycles. The molecule has 3 aromatic rings. The third kappa shape index (κ3) is 6.65. The van der Waals surface area contributed by atoms with Crippen LogP contribution in [0.25, 0.3) is 11.1 Å². The molecule has 8 heteroatoms. The van der Waals surface area contributed by atoms with Crippen LogP contribution in [-0.4, -0.2) is 51.2 Å². The minimum Gasteiger partial charge on any atom is -0.479 e. The molecule has 0 bridgehead atoms. The summed E-state index contributed by atoms with van der Waals surface area (Å²) in [5.41, 5.74) is 7.76. The summed E-state index contributed by atoms with van der Waals surface area (Å²) in [5, 5.41) is 13.6. The van der Waals surface area contributed by atoms with Gasteiger partial charge in [-0.2, -0.15) is 0 Å². The molecule has 1 aromatic carbocycles. The molecule has 0 unspecified atom stereocenters. The van der Waals surface area contributed by atoms with Crippen LogP contribution in [0.1, 0.15) is 86.7 Å². The fourth-order valence-electron chi connectivity index (χ4n) is 6.18. The van der Waals surface area contributed by atoms with Crippen LogP contribution in [0.3, 0.4) is 0 Å². The number of hydrogen-bond donors (Lipinski definition) is 1. The van der Waals surface area contributed by atoms with Gasteiger partial charge in [-0.1, -0.05) is 32.0 Å². The van der Waals surface area contributed by atoms with Gasteiger partial charge in [0.25, 0.3) is 0 Å². The van der Waals surface area contributed by atoms with Crippen molar-refractivity contribution in [3.8, 4) is 11.1 Å². The Labute approximate surface area is 248 Å². The molecule has 0 radical (unpaired) electrons. The molecule has 41 heavy (non-hydrogen) atoms. The van der Waals surface area contributed by atoms with Crippen LogP contribution in [0.2, 0.25) is 0 Å². The Bertz CT molecular complexity index is 1400. The normalized spacial score (nSPS) is 18.3. The fourth-order valence-corrected chi connectivity index (χ4v) is 6.84. The summed E-state index contributed by atoms with van der Waals surface area (Å²) in [4.78, 5) is 27.0. The first kappa shape index (κ1) is 29.7. The van der Waals surface area contributed by atoms with E-state index in [0.29, 0.717) is 5.56 Å². The number of fused-ring (bicyclic) bond motifs is 1. The maximum absolute atomic E-state index is 12.8. The Morgan fingerprint density at radius 2 is 1.85 bits per heavy atom. The highest BCUT2D eigenvalue weighted by atomic mass is 32.1. The Hall–Kier alpha value is -2.81. The zero-order chi connectivity index (χ0) is 29.5. The van der Waals surface area contributed by atoms with Gasteiger partial charge in [-0.25, -0.2) is 9.78 Å². The highest BCUT2D eigenvalue weighted by Crippen LogP contribution is 2.45. The van der Waals surface area contributed by atoms with Crippen molar-refractivity contribution in [2.45, 2.75) is 92.5 Å². The number of aromatic nitrogens is 2. The first-order chi connectivity index (χ1) is 19.3. The van der Waals surface area contributed by atoms with Gasteiger partial charge >= 0.3 is 5.97 Å². The molecule has 220 valence electrons. The summed E-state index contributed by atoms with van der Waals surface area (Å²) in [6.07, 6.45) is 3.83. The number of carboxylic acid groups (broad SMARTS) is 1. The van der Waals surface area contributed by atoms with Gasteiger partial charge in [0, 0.05) is 60.3 Å². The van der Waals surface area contributed by atoms with Crippen molar-refractivity contribution in [2.75, 3.05) is 24.5 Å². The minimum absolute atomic E-state index is 0.262. The molecular formula is C33H44N4O3S. The number of hydrogen-bond acceptors (Lipinski definition) is 7. The highest BCUT2D eigenvalue weighted by Gasteiger charge is 2.36. The molecule has 1 saturated heterocycles. The number of rotatable bonds is 7. The smallest absolute Gasteiger partial charge is 0.337 e. The van der Waals surface area contributed by atoms with Gasteiger partial charge in [0.2, 0.25) is 0 Å². The summed E-state index contributed by atoms with van der Waals surface area (Å²) >= 11 is 1.71. The zero-order valence-electron chi connectivity index (χ0n) is 25.6. The van der Waals surface area contributed by atoms with E-state index in [9.17, 15) is 9.90 Å². The monoisotopic (exact) mass is 576 g/mol. The lowest BCUT2D eigenvalue weighted by Gasteiger charge is -2.41. The molecular weight excluding hydrogens is 532 g/mol. The second-order valence-electron chi connectivity index (χ2n) is 13.4. The van der Waals surface area contributed by atoms with E-state index < -0.39 is 17.7 Å². The first-order valence-corrected chi connectivity index (χ1v) is 15.6. The number of pyridine rings is 1. The summed E-state index contributed by atoms with van der Waals surface area (Å²) in [7, 11) is 0. The summed E-state index contributed by atoms with van der Waals surface area (Å²) in [6, 6.07) is 6.77. The molecule has 2 aliphatic rings. The molecule has 0 amide bonds. The molecule has 7 nitrogen and oxygen atoms in total. The van der Waals surface area contributed by atoms with E-state index in [-0.39, 0.29) is 5.41 Å². The van der Waals surface area contributed by atoms with Crippen LogP contribution in [-0.2, 0) is 29.0 Å². The SMILES string of the molecule is Cc1nc(C)c([C@H](OC(C)(C)C)C(=O)O)c(N2CCC(C)(C)CC2)c1-c1ccc2c(c1)CCN(Cc1nccs1)C2. The van der Waals surface area contributed by atoms with Crippen LogP contribution in [0.15, 0.2) is 29.8 Å². The number of thiazole rings is 1.